The Morgan fingerprint density at radius 2 is 1.93 bits per heavy atom. The number of carbonyl (C=O) groups is 2. The lowest BCUT2D eigenvalue weighted by molar-refractivity contribution is -0.117. The van der Waals surface area contributed by atoms with E-state index in [1.165, 1.54) is 56.8 Å². The van der Waals surface area contributed by atoms with Crippen molar-refractivity contribution in [3.8, 4) is 5.75 Å². The topological polar surface area (TPSA) is 105 Å². The maximum absolute atomic E-state index is 12.4. The molecule has 0 aliphatic heterocycles. The van der Waals surface area contributed by atoms with Gasteiger partial charge in [0.15, 0.2) is 0 Å². The fraction of sp³-hybridized carbons (Fsp3) is 0.176. The Hall–Kier alpha value is -2.69. The van der Waals surface area contributed by atoms with Crippen LogP contribution in [0.4, 0.5) is 0 Å². The van der Waals surface area contributed by atoms with E-state index in [0.717, 1.165) is 4.31 Å². The van der Waals surface area contributed by atoms with Crippen LogP contribution in [0.25, 0.3) is 6.08 Å². The number of ether oxygens (including phenoxy) is 1. The minimum Gasteiger partial charge on any atom is -0.495 e. The maximum Gasteiger partial charge on any atom is 0.279 e. The van der Waals surface area contributed by atoms with Gasteiger partial charge in [-0.05, 0) is 35.2 Å². The zero-order chi connectivity index (χ0) is 20.0. The Balaban J connectivity index is 2.10. The Morgan fingerprint density at radius 3 is 2.52 bits per heavy atom. The molecular weight excluding hydrogens is 390 g/mol. The first-order valence-electron chi connectivity index (χ1n) is 7.68. The Kier molecular flexibility index (Phi) is 6.72. The monoisotopic (exact) mass is 409 g/mol. The molecule has 27 heavy (non-hydrogen) atoms. The third-order valence-corrected chi connectivity index (χ3v) is 6.12. The lowest BCUT2D eigenvalue weighted by Crippen LogP contribution is -2.40. The summed E-state index contributed by atoms with van der Waals surface area (Å²) in [4.78, 5) is 24.0. The molecule has 0 unspecified atom stereocenters. The minimum atomic E-state index is -3.71. The van der Waals surface area contributed by atoms with Crippen molar-refractivity contribution in [1.29, 1.82) is 0 Å². The molecule has 0 saturated carbocycles. The smallest absolute Gasteiger partial charge is 0.279 e. The first-order valence-corrected chi connectivity index (χ1v) is 10.00. The third kappa shape index (κ3) is 5.16. The molecule has 144 valence electrons. The number of nitrogens with zero attached hydrogens (tertiary/aromatic N) is 1. The Morgan fingerprint density at radius 1 is 1.19 bits per heavy atom. The molecule has 1 heterocycles. The predicted molar refractivity (Wildman–Crippen MR) is 103 cm³/mol. The summed E-state index contributed by atoms with van der Waals surface area (Å²) in [6, 6.07) is 7.88. The van der Waals surface area contributed by atoms with Crippen molar-refractivity contribution in [1.82, 2.24) is 15.2 Å². The molecule has 0 bridgehead atoms. The van der Waals surface area contributed by atoms with Crippen molar-refractivity contribution >= 4 is 39.3 Å². The van der Waals surface area contributed by atoms with Crippen molar-refractivity contribution in [2.75, 3.05) is 21.2 Å². The van der Waals surface area contributed by atoms with Crippen molar-refractivity contribution in [2.24, 2.45) is 0 Å². The summed E-state index contributed by atoms with van der Waals surface area (Å²) in [5.74, 6) is -0.781. The number of rotatable bonds is 6. The summed E-state index contributed by atoms with van der Waals surface area (Å²) in [6.45, 7) is 0. The van der Waals surface area contributed by atoms with Crippen LogP contribution in [0, 0.1) is 0 Å². The lowest BCUT2D eigenvalue weighted by Gasteiger charge is -2.15. The van der Waals surface area contributed by atoms with Crippen molar-refractivity contribution in [3.63, 3.8) is 0 Å². The van der Waals surface area contributed by atoms with Gasteiger partial charge < -0.3 is 4.74 Å². The highest BCUT2D eigenvalue weighted by molar-refractivity contribution is 7.89. The predicted octanol–water partition coefficient (Wildman–Crippen LogP) is 1.48. The van der Waals surface area contributed by atoms with Crippen LogP contribution in [0.3, 0.4) is 0 Å². The first kappa shape index (κ1) is 20.6. The van der Waals surface area contributed by atoms with E-state index in [1.807, 2.05) is 0 Å². The van der Waals surface area contributed by atoms with Gasteiger partial charge in [0.05, 0.1) is 12.0 Å². The molecule has 0 fully saturated rings. The molecule has 1 aromatic carbocycles. The fourth-order valence-electron chi connectivity index (χ4n) is 2.00. The molecule has 0 atom stereocenters. The normalized spacial score (nSPS) is 11.6. The van der Waals surface area contributed by atoms with Gasteiger partial charge >= 0.3 is 0 Å². The molecule has 10 heteroatoms. The number of hydrogen-bond donors (Lipinski definition) is 2. The van der Waals surface area contributed by atoms with E-state index in [9.17, 15) is 18.0 Å². The highest BCUT2D eigenvalue weighted by atomic mass is 32.2. The number of amides is 2. The standard InChI is InChI=1S/C17H19N3O5S2/c1-20(2)27(23,24)15-11-12(6-8-13(15)25-3)7-9-16(21)18-19-17(22)14-5-4-10-26-14/h4-11H,1-3H3,(H,18,21)(H,19,22)/b9-7+. The summed E-state index contributed by atoms with van der Waals surface area (Å²) < 4.78 is 31.0. The highest BCUT2D eigenvalue weighted by Crippen LogP contribution is 2.27. The summed E-state index contributed by atoms with van der Waals surface area (Å²) in [7, 11) is 0.504. The van der Waals surface area contributed by atoms with Gasteiger partial charge in [0, 0.05) is 20.2 Å². The van der Waals surface area contributed by atoms with Crippen molar-refractivity contribution in [2.45, 2.75) is 4.90 Å². The van der Waals surface area contributed by atoms with Gasteiger partial charge in [0.1, 0.15) is 10.6 Å². The molecule has 8 nitrogen and oxygen atoms in total. The zero-order valence-corrected chi connectivity index (χ0v) is 16.6. The van der Waals surface area contributed by atoms with E-state index in [0.29, 0.717) is 10.4 Å². The summed E-state index contributed by atoms with van der Waals surface area (Å²) in [5.41, 5.74) is 5.03. The van der Waals surface area contributed by atoms with Gasteiger partial charge in [-0.3, -0.25) is 20.4 Å². The van der Waals surface area contributed by atoms with Gasteiger partial charge in [-0.2, -0.15) is 0 Å². The molecule has 0 saturated heterocycles. The van der Waals surface area contributed by atoms with Crippen LogP contribution in [-0.2, 0) is 14.8 Å². The van der Waals surface area contributed by atoms with E-state index in [1.54, 1.807) is 23.6 Å². The lowest BCUT2D eigenvalue weighted by atomic mass is 10.2. The second-order valence-corrected chi connectivity index (χ2v) is 8.52. The number of hydrogen-bond acceptors (Lipinski definition) is 6. The molecule has 2 N–H and O–H groups in total. The average molecular weight is 409 g/mol. The Labute approximate surface area is 161 Å². The average Bonchev–Trinajstić information content (AvgIpc) is 3.18. The molecule has 2 amide bonds. The van der Waals surface area contributed by atoms with E-state index in [4.69, 9.17) is 4.74 Å². The number of benzene rings is 1. The van der Waals surface area contributed by atoms with Gasteiger partial charge in [-0.25, -0.2) is 12.7 Å². The molecule has 2 rings (SSSR count). The van der Waals surface area contributed by atoms with Crippen LogP contribution >= 0.6 is 11.3 Å². The van der Waals surface area contributed by atoms with Crippen LogP contribution in [0.2, 0.25) is 0 Å². The van der Waals surface area contributed by atoms with E-state index < -0.39 is 21.8 Å². The van der Waals surface area contributed by atoms with Crippen molar-refractivity contribution in [3.05, 3.63) is 52.2 Å². The third-order valence-electron chi connectivity index (χ3n) is 3.42. The SMILES string of the molecule is COc1ccc(/C=C/C(=O)NNC(=O)c2cccs2)cc1S(=O)(=O)N(C)C. The van der Waals surface area contributed by atoms with E-state index in [2.05, 4.69) is 10.9 Å². The van der Waals surface area contributed by atoms with Crippen LogP contribution in [-0.4, -0.2) is 45.7 Å². The van der Waals surface area contributed by atoms with Gasteiger partial charge in [-0.15, -0.1) is 11.3 Å². The summed E-state index contributed by atoms with van der Waals surface area (Å²) in [5, 5.41) is 1.75. The van der Waals surface area contributed by atoms with Crippen molar-refractivity contribution < 1.29 is 22.7 Å². The highest BCUT2D eigenvalue weighted by Gasteiger charge is 2.22. The minimum absolute atomic E-state index is 0.0106. The fourth-order valence-corrected chi connectivity index (χ4v) is 3.70. The number of nitrogens with one attached hydrogen (secondary N) is 2. The number of carbonyl (C=O) groups excluding carboxylic acids is 2. The number of hydrazine groups is 1. The molecule has 0 spiro atoms. The Bertz CT molecular complexity index is 951. The molecule has 1 aromatic heterocycles. The number of sulfonamides is 1. The quantitative estimate of drug-likeness (QED) is 0.555. The number of thiophene rings is 1. The van der Waals surface area contributed by atoms with E-state index >= 15 is 0 Å². The molecular formula is C17H19N3O5S2. The molecule has 0 aliphatic carbocycles. The van der Waals surface area contributed by atoms with Crippen LogP contribution in [0.1, 0.15) is 15.2 Å². The van der Waals surface area contributed by atoms with Crippen LogP contribution < -0.4 is 15.6 Å². The molecule has 2 aromatic rings. The zero-order valence-electron chi connectivity index (χ0n) is 14.9. The van der Waals surface area contributed by atoms with Gasteiger partial charge in [-0.1, -0.05) is 12.1 Å². The largest absolute Gasteiger partial charge is 0.495 e. The number of methoxy groups -OCH3 is 1. The molecule has 0 aliphatic rings. The summed E-state index contributed by atoms with van der Waals surface area (Å²) >= 11 is 1.25. The van der Waals surface area contributed by atoms with Crippen LogP contribution in [0.5, 0.6) is 5.75 Å². The second-order valence-electron chi connectivity index (χ2n) is 5.45. The van der Waals surface area contributed by atoms with E-state index in [-0.39, 0.29) is 10.6 Å². The second kappa shape index (κ2) is 8.80. The first-order chi connectivity index (χ1) is 12.8. The van der Waals surface area contributed by atoms with Crippen LogP contribution in [0.15, 0.2) is 46.7 Å². The van der Waals surface area contributed by atoms with Gasteiger partial charge in [0.25, 0.3) is 11.8 Å². The molecule has 0 radical (unpaired) electrons. The van der Waals surface area contributed by atoms with Gasteiger partial charge in [0.2, 0.25) is 10.0 Å². The summed E-state index contributed by atoms with van der Waals surface area (Å²) in [6.07, 6.45) is 2.61. The maximum atomic E-state index is 12.4.